The molecule has 1 heterocycles. The molecule has 144 valence electrons. The minimum absolute atomic E-state index is 0.142. The van der Waals surface area contributed by atoms with Crippen molar-refractivity contribution in [2.75, 3.05) is 22.9 Å². The zero-order chi connectivity index (χ0) is 19.8. The molecule has 0 radical (unpaired) electrons. The highest BCUT2D eigenvalue weighted by Crippen LogP contribution is 2.43. The average Bonchev–Trinajstić information content (AvgIpc) is 2.63. The van der Waals surface area contributed by atoms with Crippen molar-refractivity contribution in [3.8, 4) is 0 Å². The SMILES string of the molecule is CCN(c1ccc(C(=O)O)cc1)c1ccc2c(c1)C(C)(C)CCN2C(C)C. The highest BCUT2D eigenvalue weighted by atomic mass is 16.4. The number of fused-ring (bicyclic) bond motifs is 1. The lowest BCUT2D eigenvalue weighted by Crippen LogP contribution is -2.41. The minimum atomic E-state index is -0.895. The standard InChI is InChI=1S/C23H30N2O2/c1-6-24(18-9-7-17(8-10-18)22(26)27)19-11-12-21-20(15-19)23(4,5)13-14-25(21)16(2)3/h7-12,15-16H,6,13-14H2,1-5H3,(H,26,27). The Morgan fingerprint density at radius 1 is 1.15 bits per heavy atom. The zero-order valence-corrected chi connectivity index (χ0v) is 17.0. The molecule has 2 aromatic carbocycles. The molecular weight excluding hydrogens is 336 g/mol. The lowest BCUT2D eigenvalue weighted by Gasteiger charge is -2.43. The third-order valence-electron chi connectivity index (χ3n) is 5.67. The summed E-state index contributed by atoms with van der Waals surface area (Å²) >= 11 is 0. The predicted octanol–water partition coefficient (Wildman–Crippen LogP) is 5.44. The molecule has 0 unspecified atom stereocenters. The lowest BCUT2D eigenvalue weighted by atomic mass is 9.77. The van der Waals surface area contributed by atoms with Crippen molar-refractivity contribution in [3.63, 3.8) is 0 Å². The van der Waals surface area contributed by atoms with Crippen molar-refractivity contribution in [1.82, 2.24) is 0 Å². The fraction of sp³-hybridized carbons (Fsp3) is 0.435. The van der Waals surface area contributed by atoms with Gasteiger partial charge >= 0.3 is 5.97 Å². The highest BCUT2D eigenvalue weighted by Gasteiger charge is 2.32. The van der Waals surface area contributed by atoms with Gasteiger partial charge < -0.3 is 14.9 Å². The van der Waals surface area contributed by atoms with E-state index in [1.54, 1.807) is 12.1 Å². The zero-order valence-electron chi connectivity index (χ0n) is 17.0. The molecule has 0 spiro atoms. The second-order valence-corrected chi connectivity index (χ2v) is 8.22. The van der Waals surface area contributed by atoms with Crippen LogP contribution in [0.1, 0.15) is 57.0 Å². The van der Waals surface area contributed by atoms with Crippen molar-refractivity contribution in [2.24, 2.45) is 0 Å². The van der Waals surface area contributed by atoms with Gasteiger partial charge in [-0.1, -0.05) is 13.8 Å². The Morgan fingerprint density at radius 3 is 2.33 bits per heavy atom. The summed E-state index contributed by atoms with van der Waals surface area (Å²) < 4.78 is 0. The second kappa shape index (κ2) is 7.26. The molecule has 0 amide bonds. The maximum Gasteiger partial charge on any atom is 0.335 e. The van der Waals surface area contributed by atoms with Crippen LogP contribution < -0.4 is 9.80 Å². The molecule has 27 heavy (non-hydrogen) atoms. The highest BCUT2D eigenvalue weighted by molar-refractivity contribution is 5.88. The molecule has 2 aromatic rings. The summed E-state index contributed by atoms with van der Waals surface area (Å²) in [6.45, 7) is 13.2. The number of carboxylic acid groups (broad SMARTS) is 1. The van der Waals surface area contributed by atoms with E-state index in [-0.39, 0.29) is 5.41 Å². The van der Waals surface area contributed by atoms with Crippen molar-refractivity contribution in [1.29, 1.82) is 0 Å². The fourth-order valence-corrected chi connectivity index (χ4v) is 3.97. The van der Waals surface area contributed by atoms with E-state index in [4.69, 9.17) is 5.11 Å². The summed E-state index contributed by atoms with van der Waals surface area (Å²) in [5.41, 5.74) is 5.34. The van der Waals surface area contributed by atoms with E-state index in [0.717, 1.165) is 30.9 Å². The summed E-state index contributed by atoms with van der Waals surface area (Å²) in [6, 6.07) is 14.3. The van der Waals surface area contributed by atoms with Crippen molar-refractivity contribution >= 4 is 23.0 Å². The number of aromatic carboxylic acids is 1. The maximum absolute atomic E-state index is 11.1. The number of carbonyl (C=O) groups is 1. The molecule has 0 bridgehead atoms. The van der Waals surface area contributed by atoms with Gasteiger partial charge in [-0.2, -0.15) is 0 Å². The number of carboxylic acids is 1. The molecule has 0 aromatic heterocycles. The summed E-state index contributed by atoms with van der Waals surface area (Å²) in [5.74, 6) is -0.895. The fourth-order valence-electron chi connectivity index (χ4n) is 3.97. The van der Waals surface area contributed by atoms with Crippen LogP contribution in [0.2, 0.25) is 0 Å². The largest absolute Gasteiger partial charge is 0.478 e. The van der Waals surface area contributed by atoms with E-state index in [2.05, 4.69) is 62.6 Å². The Labute approximate surface area is 162 Å². The van der Waals surface area contributed by atoms with Gasteiger partial charge in [0.1, 0.15) is 0 Å². The van der Waals surface area contributed by atoms with E-state index in [9.17, 15) is 4.79 Å². The van der Waals surface area contributed by atoms with Crippen LogP contribution in [0.15, 0.2) is 42.5 Å². The minimum Gasteiger partial charge on any atom is -0.478 e. The van der Waals surface area contributed by atoms with Crippen LogP contribution in [0.3, 0.4) is 0 Å². The Morgan fingerprint density at radius 2 is 1.78 bits per heavy atom. The molecule has 0 fully saturated rings. The first kappa shape index (κ1) is 19.3. The monoisotopic (exact) mass is 366 g/mol. The van der Waals surface area contributed by atoms with Gasteiger partial charge in [0.2, 0.25) is 0 Å². The number of benzene rings is 2. The van der Waals surface area contributed by atoms with Crippen LogP contribution in [0, 0.1) is 0 Å². The number of rotatable bonds is 5. The van der Waals surface area contributed by atoms with E-state index in [1.807, 2.05) is 12.1 Å². The average molecular weight is 367 g/mol. The molecule has 0 saturated heterocycles. The van der Waals surface area contributed by atoms with Crippen LogP contribution in [-0.2, 0) is 5.41 Å². The Hall–Kier alpha value is -2.49. The predicted molar refractivity (Wildman–Crippen MR) is 113 cm³/mol. The van der Waals surface area contributed by atoms with Gasteiger partial charge in [-0.3, -0.25) is 0 Å². The Kier molecular flexibility index (Phi) is 5.18. The Bertz CT molecular complexity index is 825. The molecular formula is C23H30N2O2. The summed E-state index contributed by atoms with van der Waals surface area (Å²) in [7, 11) is 0. The molecule has 1 aliphatic heterocycles. The van der Waals surface area contributed by atoms with Crippen LogP contribution in [0.25, 0.3) is 0 Å². The normalized spacial score (nSPS) is 15.6. The molecule has 3 rings (SSSR count). The van der Waals surface area contributed by atoms with Crippen LogP contribution in [0.4, 0.5) is 17.1 Å². The molecule has 0 aliphatic carbocycles. The third-order valence-corrected chi connectivity index (χ3v) is 5.67. The smallest absolute Gasteiger partial charge is 0.335 e. The molecule has 0 saturated carbocycles. The van der Waals surface area contributed by atoms with Gasteiger partial charge in [0.25, 0.3) is 0 Å². The molecule has 0 atom stereocenters. The van der Waals surface area contributed by atoms with Gasteiger partial charge in [-0.15, -0.1) is 0 Å². The number of anilines is 3. The molecule has 4 nitrogen and oxygen atoms in total. The van der Waals surface area contributed by atoms with E-state index in [0.29, 0.717) is 11.6 Å². The van der Waals surface area contributed by atoms with E-state index < -0.39 is 5.97 Å². The maximum atomic E-state index is 11.1. The first-order valence-electron chi connectivity index (χ1n) is 9.76. The van der Waals surface area contributed by atoms with Crippen molar-refractivity contribution in [3.05, 3.63) is 53.6 Å². The van der Waals surface area contributed by atoms with E-state index in [1.165, 1.54) is 11.3 Å². The van der Waals surface area contributed by atoms with Crippen LogP contribution in [-0.4, -0.2) is 30.2 Å². The second-order valence-electron chi connectivity index (χ2n) is 8.22. The van der Waals surface area contributed by atoms with E-state index >= 15 is 0 Å². The van der Waals surface area contributed by atoms with Crippen LogP contribution in [0.5, 0.6) is 0 Å². The summed E-state index contributed by atoms with van der Waals surface area (Å²) in [6.07, 6.45) is 1.14. The lowest BCUT2D eigenvalue weighted by molar-refractivity contribution is 0.0697. The van der Waals surface area contributed by atoms with Gasteiger partial charge in [0.05, 0.1) is 5.56 Å². The first-order valence-corrected chi connectivity index (χ1v) is 9.76. The number of hydrogen-bond donors (Lipinski definition) is 1. The van der Waals surface area contributed by atoms with Gasteiger partial charge in [-0.25, -0.2) is 4.79 Å². The quantitative estimate of drug-likeness (QED) is 0.765. The van der Waals surface area contributed by atoms with Crippen molar-refractivity contribution in [2.45, 2.75) is 52.5 Å². The third kappa shape index (κ3) is 3.66. The molecule has 4 heteroatoms. The van der Waals surface area contributed by atoms with Gasteiger partial charge in [0, 0.05) is 36.2 Å². The molecule has 1 aliphatic rings. The first-order chi connectivity index (χ1) is 12.7. The number of hydrogen-bond acceptors (Lipinski definition) is 3. The summed E-state index contributed by atoms with van der Waals surface area (Å²) in [5, 5.41) is 9.13. The topological polar surface area (TPSA) is 43.8 Å². The number of nitrogens with zero attached hydrogens (tertiary/aromatic N) is 2. The van der Waals surface area contributed by atoms with Gasteiger partial charge in [0.15, 0.2) is 0 Å². The summed E-state index contributed by atoms with van der Waals surface area (Å²) in [4.78, 5) is 15.8. The van der Waals surface area contributed by atoms with Crippen LogP contribution >= 0.6 is 0 Å². The van der Waals surface area contributed by atoms with Gasteiger partial charge in [-0.05, 0) is 80.6 Å². The molecule has 1 N–H and O–H groups in total. The van der Waals surface area contributed by atoms with Crippen molar-refractivity contribution < 1.29 is 9.90 Å². The Balaban J connectivity index is 2.02.